The van der Waals surface area contributed by atoms with Crippen LogP contribution in [0.15, 0.2) is 24.3 Å². The molecule has 0 saturated carbocycles. The predicted octanol–water partition coefficient (Wildman–Crippen LogP) is 1.95. The number of rotatable bonds is 3. The number of ether oxygens (including phenoxy) is 2. The summed E-state index contributed by atoms with van der Waals surface area (Å²) in [4.78, 5) is 12.5. The number of benzene rings is 1. The van der Waals surface area contributed by atoms with Crippen molar-refractivity contribution in [2.75, 3.05) is 19.8 Å². The van der Waals surface area contributed by atoms with E-state index in [0.717, 1.165) is 55.5 Å². The number of amides is 1. The minimum absolute atomic E-state index is 0.0403. The van der Waals surface area contributed by atoms with E-state index in [1.807, 2.05) is 24.3 Å². The summed E-state index contributed by atoms with van der Waals surface area (Å²) in [5, 5.41) is 11.4. The van der Waals surface area contributed by atoms with Gasteiger partial charge in [-0.25, -0.2) is 0 Å². The van der Waals surface area contributed by atoms with Crippen LogP contribution in [0.3, 0.4) is 0 Å². The second-order valence-electron chi connectivity index (χ2n) is 6.80. The fraction of sp³-hybridized carbons (Fsp3) is 0.556. The molecule has 2 N–H and O–H groups in total. The maximum Gasteiger partial charge on any atom is 0.226 e. The number of carbonyl (C=O) groups is 1. The van der Waals surface area contributed by atoms with Crippen LogP contribution in [-0.4, -0.2) is 47.6 Å². The number of para-hydroxylation sites is 1. The van der Waals surface area contributed by atoms with E-state index in [1.165, 1.54) is 0 Å². The SMILES string of the molecule is O=C(Cc1[nH]nc2ccccc12)NC1CCOC2(CCOCC2)C1. The summed E-state index contributed by atoms with van der Waals surface area (Å²) >= 11 is 0. The van der Waals surface area contributed by atoms with Crippen LogP contribution in [-0.2, 0) is 20.7 Å². The highest BCUT2D eigenvalue weighted by Crippen LogP contribution is 2.34. The normalized spacial score (nSPS) is 23.4. The van der Waals surface area contributed by atoms with Crippen molar-refractivity contribution < 1.29 is 14.3 Å². The van der Waals surface area contributed by atoms with Gasteiger partial charge in [-0.15, -0.1) is 0 Å². The van der Waals surface area contributed by atoms with Gasteiger partial charge >= 0.3 is 0 Å². The van der Waals surface area contributed by atoms with E-state index in [-0.39, 0.29) is 17.6 Å². The van der Waals surface area contributed by atoms with Gasteiger partial charge in [-0.2, -0.15) is 5.10 Å². The van der Waals surface area contributed by atoms with Crippen LogP contribution in [0.25, 0.3) is 10.9 Å². The van der Waals surface area contributed by atoms with Gasteiger partial charge in [0.25, 0.3) is 0 Å². The minimum atomic E-state index is -0.102. The molecule has 1 spiro atoms. The highest BCUT2D eigenvalue weighted by molar-refractivity contribution is 5.87. The molecule has 6 nitrogen and oxygen atoms in total. The van der Waals surface area contributed by atoms with Gasteiger partial charge in [0.05, 0.1) is 23.2 Å². The number of hydrogen-bond acceptors (Lipinski definition) is 4. The smallest absolute Gasteiger partial charge is 0.226 e. The quantitative estimate of drug-likeness (QED) is 0.902. The Kier molecular flexibility index (Phi) is 4.24. The Morgan fingerprint density at radius 3 is 3.00 bits per heavy atom. The average molecular weight is 329 g/mol. The van der Waals surface area contributed by atoms with Gasteiger partial charge in [-0.3, -0.25) is 9.89 Å². The molecule has 128 valence electrons. The van der Waals surface area contributed by atoms with Crippen molar-refractivity contribution in [1.29, 1.82) is 0 Å². The highest BCUT2D eigenvalue weighted by Gasteiger charge is 2.39. The lowest BCUT2D eigenvalue weighted by molar-refractivity contribution is -0.143. The third-order valence-corrected chi connectivity index (χ3v) is 5.14. The lowest BCUT2D eigenvalue weighted by atomic mass is 9.84. The van der Waals surface area contributed by atoms with Gasteiger partial charge in [-0.05, 0) is 31.7 Å². The fourth-order valence-corrected chi connectivity index (χ4v) is 3.83. The first-order valence-corrected chi connectivity index (χ1v) is 8.67. The minimum Gasteiger partial charge on any atom is -0.381 e. The standard InChI is InChI=1S/C18H23N3O3/c22-17(11-16-14-3-1-2-4-15(14)20-21-16)19-13-5-8-24-18(12-13)6-9-23-10-7-18/h1-4,13H,5-12H2,(H,19,22)(H,20,21). The van der Waals surface area contributed by atoms with Crippen LogP contribution in [0.5, 0.6) is 0 Å². The first-order valence-electron chi connectivity index (χ1n) is 8.67. The topological polar surface area (TPSA) is 76.2 Å². The van der Waals surface area contributed by atoms with Crippen molar-refractivity contribution in [2.45, 2.75) is 43.7 Å². The maximum atomic E-state index is 12.5. The zero-order chi connectivity index (χ0) is 16.4. The number of nitrogens with one attached hydrogen (secondary N) is 2. The molecule has 1 atom stereocenters. The Hall–Kier alpha value is -1.92. The van der Waals surface area contributed by atoms with Crippen LogP contribution in [0.2, 0.25) is 0 Å². The molecule has 2 saturated heterocycles. The summed E-state index contributed by atoms with van der Waals surface area (Å²) in [5.41, 5.74) is 1.67. The molecule has 0 radical (unpaired) electrons. The number of carbonyl (C=O) groups excluding carboxylic acids is 1. The molecule has 4 rings (SSSR count). The molecule has 24 heavy (non-hydrogen) atoms. The van der Waals surface area contributed by atoms with Gasteiger partial charge in [0.1, 0.15) is 0 Å². The summed E-state index contributed by atoms with van der Waals surface area (Å²) in [6.07, 6.45) is 3.92. The van der Waals surface area contributed by atoms with Crippen molar-refractivity contribution in [3.8, 4) is 0 Å². The van der Waals surface area contributed by atoms with E-state index >= 15 is 0 Å². The van der Waals surface area contributed by atoms with Crippen LogP contribution in [0.4, 0.5) is 0 Å². The second kappa shape index (κ2) is 6.53. The van der Waals surface area contributed by atoms with Crippen LogP contribution < -0.4 is 5.32 Å². The van der Waals surface area contributed by atoms with E-state index in [0.29, 0.717) is 13.0 Å². The lowest BCUT2D eigenvalue weighted by Crippen LogP contribution is -2.51. The van der Waals surface area contributed by atoms with Gasteiger partial charge in [0.2, 0.25) is 5.91 Å². The third-order valence-electron chi connectivity index (χ3n) is 5.14. The first kappa shape index (κ1) is 15.6. The predicted molar refractivity (Wildman–Crippen MR) is 89.7 cm³/mol. The van der Waals surface area contributed by atoms with E-state index in [4.69, 9.17) is 9.47 Å². The Bertz CT molecular complexity index is 716. The molecule has 3 heterocycles. The number of fused-ring (bicyclic) bond motifs is 1. The fourth-order valence-electron chi connectivity index (χ4n) is 3.83. The zero-order valence-corrected chi connectivity index (χ0v) is 13.7. The summed E-state index contributed by atoms with van der Waals surface area (Å²) in [5.74, 6) is 0.0403. The first-order chi connectivity index (χ1) is 11.7. The summed E-state index contributed by atoms with van der Waals surface area (Å²) in [6, 6.07) is 8.03. The highest BCUT2D eigenvalue weighted by atomic mass is 16.5. The molecule has 6 heteroatoms. The maximum absolute atomic E-state index is 12.5. The molecule has 1 amide bonds. The molecule has 1 aromatic heterocycles. The molecule has 2 aromatic rings. The van der Waals surface area contributed by atoms with Crippen LogP contribution >= 0.6 is 0 Å². The number of aromatic amines is 1. The Morgan fingerprint density at radius 2 is 2.12 bits per heavy atom. The number of aromatic nitrogens is 2. The molecule has 2 fully saturated rings. The molecule has 2 aliphatic rings. The number of nitrogens with zero attached hydrogens (tertiary/aromatic N) is 1. The van der Waals surface area contributed by atoms with Crippen molar-refractivity contribution >= 4 is 16.8 Å². The largest absolute Gasteiger partial charge is 0.381 e. The van der Waals surface area contributed by atoms with E-state index in [9.17, 15) is 4.79 Å². The monoisotopic (exact) mass is 329 g/mol. The van der Waals surface area contributed by atoms with Crippen molar-refractivity contribution in [2.24, 2.45) is 0 Å². The Labute approximate surface area is 140 Å². The third kappa shape index (κ3) is 3.16. The Morgan fingerprint density at radius 1 is 1.29 bits per heavy atom. The van der Waals surface area contributed by atoms with Gasteiger partial charge in [-0.1, -0.05) is 18.2 Å². The van der Waals surface area contributed by atoms with E-state index < -0.39 is 0 Å². The van der Waals surface area contributed by atoms with Crippen LogP contribution in [0.1, 0.15) is 31.4 Å². The second-order valence-corrected chi connectivity index (χ2v) is 6.80. The molecule has 0 bridgehead atoms. The van der Waals surface area contributed by atoms with Crippen LogP contribution in [0, 0.1) is 0 Å². The molecular weight excluding hydrogens is 306 g/mol. The summed E-state index contributed by atoms with van der Waals surface area (Å²) in [6.45, 7) is 2.21. The van der Waals surface area contributed by atoms with Gasteiger partial charge in [0.15, 0.2) is 0 Å². The van der Waals surface area contributed by atoms with Crippen molar-refractivity contribution in [3.05, 3.63) is 30.0 Å². The molecule has 2 aliphatic heterocycles. The Balaban J connectivity index is 1.39. The summed E-state index contributed by atoms with van der Waals surface area (Å²) in [7, 11) is 0. The molecular formula is C18H23N3O3. The average Bonchev–Trinajstić information content (AvgIpc) is 2.99. The van der Waals surface area contributed by atoms with Crippen molar-refractivity contribution in [3.63, 3.8) is 0 Å². The number of H-pyrrole nitrogens is 1. The number of hydrogen-bond donors (Lipinski definition) is 2. The van der Waals surface area contributed by atoms with E-state index in [2.05, 4.69) is 15.5 Å². The van der Waals surface area contributed by atoms with Crippen molar-refractivity contribution in [1.82, 2.24) is 15.5 Å². The van der Waals surface area contributed by atoms with Gasteiger partial charge < -0.3 is 14.8 Å². The molecule has 0 aliphatic carbocycles. The summed E-state index contributed by atoms with van der Waals surface area (Å²) < 4.78 is 11.5. The lowest BCUT2D eigenvalue weighted by Gasteiger charge is -2.43. The zero-order valence-electron chi connectivity index (χ0n) is 13.7. The molecule has 1 unspecified atom stereocenters. The van der Waals surface area contributed by atoms with Gasteiger partial charge in [0, 0.05) is 31.2 Å². The van der Waals surface area contributed by atoms with E-state index in [1.54, 1.807) is 0 Å². The molecule has 1 aromatic carbocycles.